The fraction of sp³-hybridized carbons (Fsp3) is 0.263. The number of benzene rings is 2. The summed E-state index contributed by atoms with van der Waals surface area (Å²) in [5.74, 6) is -0.356. The minimum Gasteiger partial charge on any atom is -0.490 e. The number of carbonyl (C=O) groups is 1. The number of oxime groups is 1. The number of ether oxygens (including phenoxy) is 2. The highest BCUT2D eigenvalue weighted by Crippen LogP contribution is 2.37. The Hall–Kier alpha value is -2.44. The molecule has 0 aromatic heterocycles. The van der Waals surface area contributed by atoms with Gasteiger partial charge in [0.2, 0.25) is 0 Å². The van der Waals surface area contributed by atoms with E-state index in [-0.39, 0.29) is 12.3 Å². The topological polar surface area (TPSA) is 77.3 Å². The molecule has 1 N–H and O–H groups in total. The Bertz CT molecular complexity index is 816. The number of nitrogens with zero attached hydrogens (tertiary/aromatic N) is 1. The number of hydrogen-bond acceptors (Lipinski definition) is 5. The van der Waals surface area contributed by atoms with Crippen molar-refractivity contribution >= 4 is 34.9 Å². The summed E-state index contributed by atoms with van der Waals surface area (Å²) in [6.07, 6.45) is 0.830. The molecule has 0 aliphatic rings. The van der Waals surface area contributed by atoms with Crippen molar-refractivity contribution in [3.8, 4) is 11.5 Å². The molecular formula is C19H19Cl2NO5. The lowest BCUT2D eigenvalue weighted by Crippen LogP contribution is -2.17. The van der Waals surface area contributed by atoms with Crippen molar-refractivity contribution in [2.24, 2.45) is 5.16 Å². The number of aliphatic carboxylic acids is 1. The van der Waals surface area contributed by atoms with E-state index in [1.807, 2.05) is 6.92 Å². The summed E-state index contributed by atoms with van der Waals surface area (Å²) in [4.78, 5) is 16.1. The third-order valence-corrected chi connectivity index (χ3v) is 4.04. The van der Waals surface area contributed by atoms with Crippen LogP contribution in [0.2, 0.25) is 10.0 Å². The zero-order chi connectivity index (χ0) is 19.8. The molecule has 2 rings (SSSR count). The summed E-state index contributed by atoms with van der Waals surface area (Å²) in [5.41, 5.74) is 0.803. The first-order valence-corrected chi connectivity index (χ1v) is 8.90. The molecule has 0 amide bonds. The van der Waals surface area contributed by atoms with Crippen LogP contribution in [0.25, 0.3) is 0 Å². The van der Waals surface area contributed by atoms with Crippen molar-refractivity contribution in [2.75, 3.05) is 13.7 Å². The average molecular weight is 412 g/mol. The molecule has 0 saturated carbocycles. The largest absolute Gasteiger partial charge is 0.490 e. The molecule has 6 nitrogen and oxygen atoms in total. The van der Waals surface area contributed by atoms with Crippen LogP contribution in [0.4, 0.5) is 0 Å². The summed E-state index contributed by atoms with van der Waals surface area (Å²) in [6, 6.07) is 10.1. The SMILES string of the molecule is CCCOc1c(Cl)cc(OCc2ccccc2C(=NOC)C(=O)O)cc1Cl. The van der Waals surface area contributed by atoms with Crippen molar-refractivity contribution < 1.29 is 24.2 Å². The van der Waals surface area contributed by atoms with E-state index in [9.17, 15) is 9.90 Å². The summed E-state index contributed by atoms with van der Waals surface area (Å²) in [6.45, 7) is 2.58. The second kappa shape index (κ2) is 10.0. The zero-order valence-corrected chi connectivity index (χ0v) is 16.4. The summed E-state index contributed by atoms with van der Waals surface area (Å²) >= 11 is 12.4. The minimum atomic E-state index is -1.20. The van der Waals surface area contributed by atoms with Gasteiger partial charge in [-0.3, -0.25) is 0 Å². The third kappa shape index (κ3) is 5.52. The second-order valence-electron chi connectivity index (χ2n) is 5.44. The molecule has 0 atom stereocenters. The van der Waals surface area contributed by atoms with Gasteiger partial charge in [0.25, 0.3) is 0 Å². The Morgan fingerprint density at radius 2 is 1.81 bits per heavy atom. The van der Waals surface area contributed by atoms with Gasteiger partial charge in [0.15, 0.2) is 11.5 Å². The van der Waals surface area contributed by atoms with Gasteiger partial charge in [0.05, 0.1) is 16.7 Å². The highest BCUT2D eigenvalue weighted by atomic mass is 35.5. The molecule has 27 heavy (non-hydrogen) atoms. The Kier molecular flexibility index (Phi) is 7.76. The maximum atomic E-state index is 11.4. The van der Waals surface area contributed by atoms with E-state index in [1.165, 1.54) is 7.11 Å². The van der Waals surface area contributed by atoms with Crippen LogP contribution in [-0.2, 0) is 16.2 Å². The molecule has 0 saturated heterocycles. The molecule has 2 aromatic rings. The summed E-state index contributed by atoms with van der Waals surface area (Å²) in [7, 11) is 1.29. The van der Waals surface area contributed by atoms with E-state index < -0.39 is 5.97 Å². The van der Waals surface area contributed by atoms with Gasteiger partial charge in [-0.25, -0.2) is 4.79 Å². The molecule has 8 heteroatoms. The molecule has 0 radical (unpaired) electrons. The van der Waals surface area contributed by atoms with E-state index in [0.717, 1.165) is 6.42 Å². The summed E-state index contributed by atoms with van der Waals surface area (Å²) < 4.78 is 11.3. The molecule has 0 bridgehead atoms. The molecule has 0 unspecified atom stereocenters. The molecule has 0 aliphatic heterocycles. The zero-order valence-electron chi connectivity index (χ0n) is 14.9. The molecule has 0 fully saturated rings. The first-order chi connectivity index (χ1) is 13.0. The highest BCUT2D eigenvalue weighted by Gasteiger charge is 2.18. The van der Waals surface area contributed by atoms with Crippen LogP contribution < -0.4 is 9.47 Å². The lowest BCUT2D eigenvalue weighted by atomic mass is 10.0. The molecule has 0 heterocycles. The van der Waals surface area contributed by atoms with Gasteiger partial charge in [-0.2, -0.15) is 0 Å². The number of carboxylic acids is 1. The van der Waals surface area contributed by atoms with E-state index in [0.29, 0.717) is 39.3 Å². The number of hydrogen-bond donors (Lipinski definition) is 1. The number of halogens is 2. The van der Waals surface area contributed by atoms with Crippen molar-refractivity contribution in [3.63, 3.8) is 0 Å². The lowest BCUT2D eigenvalue weighted by Gasteiger charge is -2.13. The monoisotopic (exact) mass is 411 g/mol. The Morgan fingerprint density at radius 1 is 1.15 bits per heavy atom. The van der Waals surface area contributed by atoms with Crippen LogP contribution in [0.1, 0.15) is 24.5 Å². The van der Waals surface area contributed by atoms with E-state index in [4.69, 9.17) is 32.7 Å². The third-order valence-electron chi connectivity index (χ3n) is 3.47. The maximum Gasteiger partial charge on any atom is 0.358 e. The normalized spacial score (nSPS) is 11.2. The number of rotatable bonds is 9. The maximum absolute atomic E-state index is 11.4. The fourth-order valence-corrected chi connectivity index (χ4v) is 2.87. The molecular weight excluding hydrogens is 393 g/mol. The molecule has 0 aliphatic carbocycles. The molecule has 144 valence electrons. The van der Waals surface area contributed by atoms with Gasteiger partial charge in [0.1, 0.15) is 19.5 Å². The van der Waals surface area contributed by atoms with Crippen LogP contribution in [-0.4, -0.2) is 30.5 Å². The molecule has 0 spiro atoms. The van der Waals surface area contributed by atoms with Gasteiger partial charge >= 0.3 is 5.97 Å². The van der Waals surface area contributed by atoms with Gasteiger partial charge in [0, 0.05) is 17.7 Å². The van der Waals surface area contributed by atoms with Crippen molar-refractivity contribution in [2.45, 2.75) is 20.0 Å². The summed E-state index contributed by atoms with van der Waals surface area (Å²) in [5, 5.41) is 13.6. The molecule has 2 aromatic carbocycles. The fourth-order valence-electron chi connectivity index (χ4n) is 2.29. The van der Waals surface area contributed by atoms with Gasteiger partial charge in [-0.1, -0.05) is 59.5 Å². The van der Waals surface area contributed by atoms with Crippen LogP contribution in [0.5, 0.6) is 11.5 Å². The smallest absolute Gasteiger partial charge is 0.358 e. The van der Waals surface area contributed by atoms with E-state index in [1.54, 1.807) is 36.4 Å². The van der Waals surface area contributed by atoms with Gasteiger partial charge < -0.3 is 19.4 Å². The van der Waals surface area contributed by atoms with Gasteiger partial charge in [-0.15, -0.1) is 0 Å². The van der Waals surface area contributed by atoms with Crippen LogP contribution in [0, 0.1) is 0 Å². The predicted molar refractivity (Wildman–Crippen MR) is 104 cm³/mol. The minimum absolute atomic E-state index is 0.0913. The van der Waals surface area contributed by atoms with Crippen molar-refractivity contribution in [1.82, 2.24) is 0 Å². The van der Waals surface area contributed by atoms with E-state index in [2.05, 4.69) is 9.99 Å². The second-order valence-corrected chi connectivity index (χ2v) is 6.25. The van der Waals surface area contributed by atoms with Crippen molar-refractivity contribution in [3.05, 3.63) is 57.6 Å². The van der Waals surface area contributed by atoms with Crippen LogP contribution >= 0.6 is 23.2 Å². The number of carboxylic acid groups (broad SMARTS) is 1. The quantitative estimate of drug-likeness (QED) is 0.473. The predicted octanol–water partition coefficient (Wildman–Crippen LogP) is 4.80. The van der Waals surface area contributed by atoms with E-state index >= 15 is 0 Å². The van der Waals surface area contributed by atoms with Crippen LogP contribution in [0.15, 0.2) is 41.6 Å². The lowest BCUT2D eigenvalue weighted by molar-refractivity contribution is -0.129. The Balaban J connectivity index is 2.23. The first-order valence-electron chi connectivity index (χ1n) is 8.15. The first kappa shape index (κ1) is 20.9. The standard InChI is InChI=1S/C19H19Cl2NO5/c1-3-8-26-18-15(20)9-13(10-16(18)21)27-11-12-6-4-5-7-14(12)17(19(23)24)22-25-2/h4-7,9-10H,3,8,11H2,1-2H3,(H,23,24). The van der Waals surface area contributed by atoms with Crippen LogP contribution in [0.3, 0.4) is 0 Å². The Morgan fingerprint density at radius 3 is 2.41 bits per heavy atom. The Labute approximate surface area is 167 Å². The average Bonchev–Trinajstić information content (AvgIpc) is 2.64. The highest BCUT2D eigenvalue weighted by molar-refractivity contribution is 6.42. The van der Waals surface area contributed by atoms with Crippen molar-refractivity contribution in [1.29, 1.82) is 0 Å². The van der Waals surface area contributed by atoms with Gasteiger partial charge in [-0.05, 0) is 12.0 Å².